The van der Waals surface area contributed by atoms with Gasteiger partial charge in [-0.05, 0) is 70.1 Å². The fraction of sp³-hybridized carbons (Fsp3) is 0.850. The second-order valence-corrected chi connectivity index (χ2v) is 9.49. The number of carbonyl (C=O) groups excluding carboxylic acids is 3. The van der Waals surface area contributed by atoms with Gasteiger partial charge in [-0.1, -0.05) is 0 Å². The molecule has 1 saturated heterocycles. The van der Waals surface area contributed by atoms with Crippen LogP contribution in [0, 0.1) is 23.2 Å². The minimum Gasteiger partial charge on any atom is -0.447 e. The number of hydrogen-bond donors (Lipinski definition) is 2. The third-order valence-electron chi connectivity index (χ3n) is 7.06. The van der Waals surface area contributed by atoms with Gasteiger partial charge in [-0.3, -0.25) is 4.79 Å². The van der Waals surface area contributed by atoms with E-state index >= 15 is 0 Å². The first kappa shape index (κ1) is 19.3. The van der Waals surface area contributed by atoms with E-state index in [0.717, 1.165) is 32.1 Å². The molecule has 6 atom stereocenters. The average Bonchev–Trinajstić information content (AvgIpc) is 3.05. The number of ether oxygens (including phenoxy) is 2. The highest BCUT2D eigenvalue weighted by molar-refractivity contribution is 5.81. The summed E-state index contributed by atoms with van der Waals surface area (Å²) in [6.07, 6.45) is 4.08. The molecule has 156 valence electrons. The highest BCUT2D eigenvalue weighted by Crippen LogP contribution is 2.60. The van der Waals surface area contributed by atoms with Crippen LogP contribution in [0.25, 0.3) is 0 Å². The molecule has 3 N–H and O–H groups in total. The number of nitrogens with zero attached hydrogens (tertiary/aromatic N) is 1. The monoisotopic (exact) mass is 393 g/mol. The van der Waals surface area contributed by atoms with E-state index in [1.807, 2.05) is 0 Å². The molecule has 4 bridgehead atoms. The van der Waals surface area contributed by atoms with Crippen LogP contribution in [0.3, 0.4) is 0 Å². The van der Waals surface area contributed by atoms with Crippen molar-refractivity contribution in [1.29, 1.82) is 0 Å². The zero-order valence-electron chi connectivity index (χ0n) is 16.7. The van der Waals surface area contributed by atoms with Crippen LogP contribution >= 0.6 is 0 Å². The molecule has 5 aliphatic rings. The van der Waals surface area contributed by atoms with Gasteiger partial charge in [0, 0.05) is 13.1 Å². The molecular formula is C20H31N3O5. The molecule has 4 unspecified atom stereocenters. The molecule has 0 spiro atoms. The standard InChI is InChI=1S/C20H31N3O5/c1-11(2)27-18(25)22-15-3-4-23(10-15)19(26)28-16-13-5-12-6-14(16)9-20(7-12,8-13)17(21)24/h11-16H,3-10H2,1-2H3,(H2,21,24)(H,22,25)/t12?,13-,14?,15+,16?,20?/m0/s1. The second kappa shape index (κ2) is 7.12. The summed E-state index contributed by atoms with van der Waals surface area (Å²) >= 11 is 0. The summed E-state index contributed by atoms with van der Waals surface area (Å²) < 4.78 is 11.0. The van der Waals surface area contributed by atoms with Crippen LogP contribution in [-0.2, 0) is 14.3 Å². The van der Waals surface area contributed by atoms with Crippen molar-refractivity contribution in [3.05, 3.63) is 0 Å². The van der Waals surface area contributed by atoms with Crippen molar-refractivity contribution in [3.8, 4) is 0 Å². The average molecular weight is 393 g/mol. The van der Waals surface area contributed by atoms with Gasteiger partial charge in [0.15, 0.2) is 0 Å². The number of carbonyl (C=O) groups is 3. The largest absolute Gasteiger partial charge is 0.447 e. The lowest BCUT2D eigenvalue weighted by atomic mass is 9.48. The minimum atomic E-state index is -0.451. The number of hydrogen-bond acceptors (Lipinski definition) is 5. The van der Waals surface area contributed by atoms with Crippen LogP contribution in [0.4, 0.5) is 9.59 Å². The lowest BCUT2D eigenvalue weighted by Gasteiger charge is -2.58. The van der Waals surface area contributed by atoms with Crippen LogP contribution in [0.5, 0.6) is 0 Å². The summed E-state index contributed by atoms with van der Waals surface area (Å²) in [6, 6.07) is -0.115. The van der Waals surface area contributed by atoms with Crippen molar-refractivity contribution >= 4 is 18.1 Å². The fourth-order valence-corrected chi connectivity index (χ4v) is 6.12. The van der Waals surface area contributed by atoms with E-state index in [9.17, 15) is 14.4 Å². The number of likely N-dealkylation sites (tertiary alicyclic amines) is 1. The molecule has 4 saturated carbocycles. The molecule has 5 fully saturated rings. The van der Waals surface area contributed by atoms with E-state index in [4.69, 9.17) is 15.2 Å². The molecular weight excluding hydrogens is 362 g/mol. The van der Waals surface area contributed by atoms with Crippen molar-refractivity contribution in [1.82, 2.24) is 10.2 Å². The van der Waals surface area contributed by atoms with Gasteiger partial charge in [0.25, 0.3) is 0 Å². The topological polar surface area (TPSA) is 111 Å². The summed E-state index contributed by atoms with van der Waals surface area (Å²) in [5.41, 5.74) is 5.35. The molecule has 5 rings (SSSR count). The molecule has 28 heavy (non-hydrogen) atoms. The molecule has 3 amide bonds. The summed E-state index contributed by atoms with van der Waals surface area (Å²) in [4.78, 5) is 38.2. The Kier molecular flexibility index (Phi) is 4.91. The molecule has 0 aromatic rings. The molecule has 0 radical (unpaired) electrons. The summed E-state index contributed by atoms with van der Waals surface area (Å²) in [6.45, 7) is 4.58. The molecule has 1 heterocycles. The number of alkyl carbamates (subject to hydrolysis) is 1. The summed E-state index contributed by atoms with van der Waals surface area (Å²) in [5, 5.41) is 2.81. The van der Waals surface area contributed by atoms with Gasteiger partial charge in [-0.2, -0.15) is 0 Å². The third kappa shape index (κ3) is 3.53. The number of rotatable bonds is 4. The van der Waals surface area contributed by atoms with Crippen LogP contribution in [0.2, 0.25) is 0 Å². The number of amides is 3. The lowest BCUT2D eigenvalue weighted by Crippen LogP contribution is -2.59. The quantitative estimate of drug-likeness (QED) is 0.759. The summed E-state index contributed by atoms with van der Waals surface area (Å²) in [7, 11) is 0. The maximum absolute atomic E-state index is 12.7. The summed E-state index contributed by atoms with van der Waals surface area (Å²) in [5.74, 6) is 0.825. The van der Waals surface area contributed by atoms with E-state index in [-0.39, 0.29) is 47.5 Å². The van der Waals surface area contributed by atoms with Gasteiger partial charge < -0.3 is 25.4 Å². The predicted octanol–water partition coefficient (Wildman–Crippen LogP) is 2.01. The molecule has 0 aromatic carbocycles. The van der Waals surface area contributed by atoms with E-state index in [1.54, 1.807) is 18.7 Å². The SMILES string of the molecule is CC(C)OC(=O)N[C@@H]1CCN(C(=O)OC2C3CC4C[C@H]2CC(C(N)=O)(C4)C3)C1. The van der Waals surface area contributed by atoms with Gasteiger partial charge in [-0.25, -0.2) is 9.59 Å². The molecule has 8 nitrogen and oxygen atoms in total. The van der Waals surface area contributed by atoms with E-state index in [1.165, 1.54) is 0 Å². The van der Waals surface area contributed by atoms with Crippen LogP contribution in [0.15, 0.2) is 0 Å². The minimum absolute atomic E-state index is 0.115. The predicted molar refractivity (Wildman–Crippen MR) is 100 cm³/mol. The number of nitrogens with one attached hydrogen (secondary N) is 1. The van der Waals surface area contributed by atoms with Crippen molar-refractivity contribution in [2.75, 3.05) is 13.1 Å². The van der Waals surface area contributed by atoms with Gasteiger partial charge in [-0.15, -0.1) is 0 Å². The highest BCUT2D eigenvalue weighted by atomic mass is 16.6. The third-order valence-corrected chi connectivity index (χ3v) is 7.06. The zero-order chi connectivity index (χ0) is 20.1. The normalized spacial score (nSPS) is 38.5. The van der Waals surface area contributed by atoms with Crippen LogP contribution in [-0.4, -0.2) is 54.3 Å². The smallest absolute Gasteiger partial charge is 0.410 e. The first-order valence-electron chi connectivity index (χ1n) is 10.5. The first-order valence-corrected chi connectivity index (χ1v) is 10.5. The maximum Gasteiger partial charge on any atom is 0.410 e. The Morgan fingerprint density at radius 2 is 1.82 bits per heavy atom. The van der Waals surface area contributed by atoms with Crippen LogP contribution < -0.4 is 11.1 Å². The fourth-order valence-electron chi connectivity index (χ4n) is 6.12. The Hall–Kier alpha value is -1.99. The second-order valence-electron chi connectivity index (χ2n) is 9.49. The first-order chi connectivity index (χ1) is 13.3. The molecule has 0 aromatic heterocycles. The molecule has 8 heteroatoms. The van der Waals surface area contributed by atoms with Gasteiger partial charge >= 0.3 is 12.2 Å². The Morgan fingerprint density at radius 1 is 1.14 bits per heavy atom. The zero-order valence-corrected chi connectivity index (χ0v) is 16.7. The Morgan fingerprint density at radius 3 is 2.43 bits per heavy atom. The van der Waals surface area contributed by atoms with E-state index < -0.39 is 6.09 Å². The Bertz CT molecular complexity index is 650. The van der Waals surface area contributed by atoms with Crippen molar-refractivity contribution in [2.45, 2.75) is 70.6 Å². The number of primary amides is 1. The Labute approximate surface area is 165 Å². The van der Waals surface area contributed by atoms with Crippen molar-refractivity contribution in [3.63, 3.8) is 0 Å². The Balaban J connectivity index is 1.32. The van der Waals surface area contributed by atoms with Gasteiger partial charge in [0.05, 0.1) is 17.6 Å². The van der Waals surface area contributed by atoms with Gasteiger partial charge in [0.2, 0.25) is 5.91 Å². The van der Waals surface area contributed by atoms with Crippen molar-refractivity contribution < 1.29 is 23.9 Å². The maximum atomic E-state index is 12.7. The van der Waals surface area contributed by atoms with Crippen molar-refractivity contribution in [2.24, 2.45) is 28.9 Å². The lowest BCUT2D eigenvalue weighted by molar-refractivity contribution is -0.161. The molecule has 4 aliphatic carbocycles. The number of nitrogens with two attached hydrogens (primary N) is 1. The van der Waals surface area contributed by atoms with E-state index in [2.05, 4.69) is 5.32 Å². The van der Waals surface area contributed by atoms with Gasteiger partial charge in [0.1, 0.15) is 6.10 Å². The van der Waals surface area contributed by atoms with E-state index in [0.29, 0.717) is 25.4 Å². The van der Waals surface area contributed by atoms with Crippen LogP contribution in [0.1, 0.15) is 52.4 Å². The molecule has 1 aliphatic heterocycles. The highest BCUT2D eigenvalue weighted by Gasteiger charge is 2.59.